The van der Waals surface area contributed by atoms with Crippen molar-refractivity contribution in [2.45, 2.75) is 59.0 Å². The fourth-order valence-electron chi connectivity index (χ4n) is 2.01. The number of nitrogens with zero attached hydrogens (tertiary/aromatic N) is 3. The van der Waals surface area contributed by atoms with Crippen molar-refractivity contribution >= 4 is 6.34 Å². The Kier molecular flexibility index (Phi) is 5.51. The SMILES string of the molecule is CCCCN1C=NN(CCC)C1CCC. The average Bonchev–Trinajstić information content (AvgIpc) is 2.60. The van der Waals surface area contributed by atoms with Gasteiger partial charge < -0.3 is 4.90 Å². The minimum Gasteiger partial charge on any atom is -0.339 e. The van der Waals surface area contributed by atoms with E-state index in [1.54, 1.807) is 0 Å². The van der Waals surface area contributed by atoms with Crippen molar-refractivity contribution < 1.29 is 0 Å². The minimum absolute atomic E-state index is 0.529. The van der Waals surface area contributed by atoms with E-state index in [-0.39, 0.29) is 0 Å². The van der Waals surface area contributed by atoms with E-state index in [1.165, 1.54) is 32.1 Å². The third-order valence-electron chi connectivity index (χ3n) is 2.84. The molecule has 3 heteroatoms. The van der Waals surface area contributed by atoms with Crippen molar-refractivity contribution in [1.82, 2.24) is 9.91 Å². The maximum absolute atomic E-state index is 4.49. The van der Waals surface area contributed by atoms with E-state index in [2.05, 4.69) is 35.8 Å². The Balaban J connectivity index is 2.46. The summed E-state index contributed by atoms with van der Waals surface area (Å²) in [5.41, 5.74) is 0. The molecule has 0 aromatic carbocycles. The molecule has 0 saturated carbocycles. The molecule has 0 bridgehead atoms. The van der Waals surface area contributed by atoms with Crippen LogP contribution in [0.4, 0.5) is 0 Å². The molecule has 1 heterocycles. The van der Waals surface area contributed by atoms with Crippen molar-refractivity contribution in [3.05, 3.63) is 0 Å². The van der Waals surface area contributed by atoms with Crippen LogP contribution in [0.1, 0.15) is 52.9 Å². The second-order valence-electron chi connectivity index (χ2n) is 4.25. The molecule has 1 unspecified atom stereocenters. The zero-order chi connectivity index (χ0) is 11.1. The molecule has 0 amide bonds. The summed E-state index contributed by atoms with van der Waals surface area (Å²) in [6.07, 6.45) is 8.73. The molecule has 0 radical (unpaired) electrons. The quantitative estimate of drug-likeness (QED) is 0.645. The molecule has 1 rings (SSSR count). The number of unbranched alkanes of at least 4 members (excludes halogenated alkanes) is 1. The standard InChI is InChI=1S/C12H25N3/c1-4-7-10-14-11-13-15(9-6-3)12(14)8-5-2/h11-12H,4-10H2,1-3H3. The molecule has 1 atom stereocenters. The van der Waals surface area contributed by atoms with Crippen LogP contribution in [0.3, 0.4) is 0 Å². The van der Waals surface area contributed by atoms with E-state index < -0.39 is 0 Å². The van der Waals surface area contributed by atoms with Crippen molar-refractivity contribution in [1.29, 1.82) is 0 Å². The van der Waals surface area contributed by atoms with Gasteiger partial charge in [-0.15, -0.1) is 0 Å². The molecule has 0 fully saturated rings. The summed E-state index contributed by atoms with van der Waals surface area (Å²) >= 11 is 0. The fraction of sp³-hybridized carbons (Fsp3) is 0.917. The Hall–Kier alpha value is -0.730. The smallest absolute Gasteiger partial charge is 0.119 e. The molecule has 3 nitrogen and oxygen atoms in total. The normalized spacial score (nSPS) is 20.3. The molecule has 0 aromatic heterocycles. The topological polar surface area (TPSA) is 18.8 Å². The maximum Gasteiger partial charge on any atom is 0.119 e. The molecule has 1 aliphatic rings. The predicted octanol–water partition coefficient (Wildman–Crippen LogP) is 2.88. The molecule has 1 aliphatic heterocycles. The van der Waals surface area contributed by atoms with Gasteiger partial charge in [-0.05, 0) is 19.3 Å². The average molecular weight is 211 g/mol. The fourth-order valence-corrected chi connectivity index (χ4v) is 2.01. The Bertz CT molecular complexity index is 191. The van der Waals surface area contributed by atoms with Gasteiger partial charge in [0, 0.05) is 13.1 Å². The van der Waals surface area contributed by atoms with Crippen LogP contribution in [-0.2, 0) is 0 Å². The predicted molar refractivity (Wildman–Crippen MR) is 65.8 cm³/mol. The lowest BCUT2D eigenvalue weighted by molar-refractivity contribution is 0.120. The zero-order valence-corrected chi connectivity index (χ0v) is 10.4. The van der Waals surface area contributed by atoms with Gasteiger partial charge in [-0.25, -0.2) is 0 Å². The van der Waals surface area contributed by atoms with Crippen LogP contribution in [0.2, 0.25) is 0 Å². The van der Waals surface area contributed by atoms with E-state index in [9.17, 15) is 0 Å². The van der Waals surface area contributed by atoms with Gasteiger partial charge in [-0.2, -0.15) is 5.10 Å². The number of hydrogen-bond acceptors (Lipinski definition) is 3. The first kappa shape index (κ1) is 12.3. The number of hydrogen-bond donors (Lipinski definition) is 0. The molecule has 0 aliphatic carbocycles. The summed E-state index contributed by atoms with van der Waals surface area (Å²) in [6.45, 7) is 8.95. The van der Waals surface area contributed by atoms with Crippen molar-refractivity contribution in [3.63, 3.8) is 0 Å². The maximum atomic E-state index is 4.49. The Labute approximate surface area is 94.1 Å². The summed E-state index contributed by atoms with van der Waals surface area (Å²) in [7, 11) is 0. The van der Waals surface area contributed by atoms with Crippen molar-refractivity contribution in [2.24, 2.45) is 5.10 Å². The van der Waals surface area contributed by atoms with Crippen LogP contribution in [-0.4, -0.2) is 35.5 Å². The van der Waals surface area contributed by atoms with Crippen LogP contribution < -0.4 is 0 Å². The lowest BCUT2D eigenvalue weighted by Crippen LogP contribution is -2.40. The second kappa shape index (κ2) is 6.70. The molecule has 0 N–H and O–H groups in total. The van der Waals surface area contributed by atoms with E-state index >= 15 is 0 Å². The zero-order valence-electron chi connectivity index (χ0n) is 10.4. The van der Waals surface area contributed by atoms with E-state index in [1.807, 2.05) is 6.34 Å². The van der Waals surface area contributed by atoms with Gasteiger partial charge in [-0.3, -0.25) is 5.01 Å². The molecule has 0 aromatic rings. The van der Waals surface area contributed by atoms with Gasteiger partial charge in [0.05, 0.1) is 0 Å². The molecular weight excluding hydrogens is 186 g/mol. The van der Waals surface area contributed by atoms with Gasteiger partial charge >= 0.3 is 0 Å². The lowest BCUT2D eigenvalue weighted by Gasteiger charge is -2.30. The Morgan fingerprint density at radius 2 is 1.87 bits per heavy atom. The van der Waals surface area contributed by atoms with Crippen LogP contribution in [0.15, 0.2) is 5.10 Å². The van der Waals surface area contributed by atoms with Gasteiger partial charge in [0.1, 0.15) is 12.5 Å². The summed E-state index contributed by atoms with van der Waals surface area (Å²) in [4.78, 5) is 2.41. The number of hydrazone groups is 1. The summed E-state index contributed by atoms with van der Waals surface area (Å²) in [5.74, 6) is 0. The first-order chi connectivity index (χ1) is 7.33. The third-order valence-corrected chi connectivity index (χ3v) is 2.84. The molecular formula is C12H25N3. The van der Waals surface area contributed by atoms with Crippen molar-refractivity contribution in [3.8, 4) is 0 Å². The van der Waals surface area contributed by atoms with Gasteiger partial charge in [0.15, 0.2) is 0 Å². The third kappa shape index (κ3) is 3.40. The van der Waals surface area contributed by atoms with Crippen LogP contribution >= 0.6 is 0 Å². The first-order valence-corrected chi connectivity index (χ1v) is 6.39. The highest BCUT2D eigenvalue weighted by molar-refractivity contribution is 5.57. The molecule has 0 saturated heterocycles. The van der Waals surface area contributed by atoms with Crippen LogP contribution in [0.25, 0.3) is 0 Å². The highest BCUT2D eigenvalue weighted by Crippen LogP contribution is 2.18. The monoisotopic (exact) mass is 211 g/mol. The summed E-state index contributed by atoms with van der Waals surface area (Å²) in [6, 6.07) is 0. The summed E-state index contributed by atoms with van der Waals surface area (Å²) in [5, 5.41) is 6.74. The minimum atomic E-state index is 0.529. The van der Waals surface area contributed by atoms with E-state index in [4.69, 9.17) is 0 Å². The van der Waals surface area contributed by atoms with E-state index in [0.29, 0.717) is 6.17 Å². The summed E-state index contributed by atoms with van der Waals surface area (Å²) < 4.78 is 0. The Morgan fingerprint density at radius 3 is 2.47 bits per heavy atom. The largest absolute Gasteiger partial charge is 0.339 e. The Morgan fingerprint density at radius 1 is 1.07 bits per heavy atom. The van der Waals surface area contributed by atoms with E-state index in [0.717, 1.165) is 13.1 Å². The highest BCUT2D eigenvalue weighted by atomic mass is 15.6. The van der Waals surface area contributed by atoms with Gasteiger partial charge in [-0.1, -0.05) is 33.6 Å². The first-order valence-electron chi connectivity index (χ1n) is 6.39. The lowest BCUT2D eigenvalue weighted by atomic mass is 10.2. The molecule has 88 valence electrons. The highest BCUT2D eigenvalue weighted by Gasteiger charge is 2.25. The van der Waals surface area contributed by atoms with Crippen LogP contribution in [0, 0.1) is 0 Å². The molecule has 15 heavy (non-hydrogen) atoms. The van der Waals surface area contributed by atoms with Crippen LogP contribution in [0.5, 0.6) is 0 Å². The number of rotatable bonds is 7. The van der Waals surface area contributed by atoms with Crippen molar-refractivity contribution in [2.75, 3.05) is 13.1 Å². The molecule has 0 spiro atoms. The van der Waals surface area contributed by atoms with Gasteiger partial charge in [0.25, 0.3) is 0 Å². The van der Waals surface area contributed by atoms with Gasteiger partial charge in [0.2, 0.25) is 0 Å². The second-order valence-corrected chi connectivity index (χ2v) is 4.25.